The third kappa shape index (κ3) is 5.53. The van der Waals surface area contributed by atoms with Crippen molar-refractivity contribution < 1.29 is 22.8 Å². The number of alkyl halides is 3. The largest absolute Gasteiger partial charge is 0.425 e. The Morgan fingerprint density at radius 2 is 1.85 bits per heavy atom. The van der Waals surface area contributed by atoms with Crippen LogP contribution in [-0.2, 0) is 19.1 Å². The Morgan fingerprint density at radius 3 is 2.61 bits per heavy atom. The normalized spacial score (nSPS) is 14.7. The standard InChI is InChI=1S/C28H22F3N7O2S/c1-14-35-25(38-37-14)18-4-6-19-16(9-18)5-7-20(19)36-27(40)22-11-21(33-13-34-22)26(39)32-12-15-2-3-17-10-24(28(29,30)31)41-23(17)8-15/h2-4,6,8-11,13,20H,5,7,12H2,1H3,(H,32,39)(H,36,40)(H,35,37,38)/t20-/m0/s1. The van der Waals surface area contributed by atoms with Gasteiger partial charge in [0.1, 0.15) is 28.4 Å². The molecule has 5 aromatic rings. The van der Waals surface area contributed by atoms with Crippen LogP contribution in [0.25, 0.3) is 21.5 Å². The van der Waals surface area contributed by atoms with Crippen LogP contribution < -0.4 is 10.6 Å². The molecule has 6 rings (SSSR count). The molecular formula is C28H22F3N7O2S. The van der Waals surface area contributed by atoms with Crippen molar-refractivity contribution >= 4 is 33.2 Å². The minimum Gasteiger partial charge on any atom is -0.347 e. The molecule has 1 aliphatic rings. The summed E-state index contributed by atoms with van der Waals surface area (Å²) < 4.78 is 39.5. The van der Waals surface area contributed by atoms with Crippen molar-refractivity contribution in [2.24, 2.45) is 0 Å². The quantitative estimate of drug-likeness (QED) is 0.256. The number of aromatic nitrogens is 5. The van der Waals surface area contributed by atoms with Crippen molar-refractivity contribution in [3.05, 3.63) is 93.6 Å². The summed E-state index contributed by atoms with van der Waals surface area (Å²) in [7, 11) is 0. The second kappa shape index (κ2) is 10.4. The van der Waals surface area contributed by atoms with Crippen molar-refractivity contribution in [2.75, 3.05) is 0 Å². The topological polar surface area (TPSA) is 126 Å². The van der Waals surface area contributed by atoms with Gasteiger partial charge in [0.15, 0.2) is 5.82 Å². The summed E-state index contributed by atoms with van der Waals surface area (Å²) in [6.07, 6.45) is -1.76. The van der Waals surface area contributed by atoms with E-state index < -0.39 is 22.9 Å². The van der Waals surface area contributed by atoms with E-state index in [1.165, 1.54) is 6.07 Å². The lowest BCUT2D eigenvalue weighted by molar-refractivity contribution is -0.134. The molecule has 3 N–H and O–H groups in total. The molecule has 208 valence electrons. The number of nitrogens with zero attached hydrogens (tertiary/aromatic N) is 4. The number of aryl methyl sites for hydroxylation is 2. The number of halogens is 3. The van der Waals surface area contributed by atoms with Gasteiger partial charge in [0.25, 0.3) is 11.8 Å². The first-order valence-corrected chi connectivity index (χ1v) is 13.5. The molecule has 3 heterocycles. The van der Waals surface area contributed by atoms with Crippen LogP contribution in [0, 0.1) is 6.92 Å². The van der Waals surface area contributed by atoms with Gasteiger partial charge in [-0.15, -0.1) is 11.3 Å². The highest BCUT2D eigenvalue weighted by Gasteiger charge is 2.32. The molecule has 2 amide bonds. The number of hydrogen-bond acceptors (Lipinski definition) is 7. The number of aromatic amines is 1. The van der Waals surface area contributed by atoms with Crippen LogP contribution in [0.4, 0.5) is 13.2 Å². The highest BCUT2D eigenvalue weighted by molar-refractivity contribution is 7.19. The zero-order valence-corrected chi connectivity index (χ0v) is 22.4. The first kappa shape index (κ1) is 26.6. The van der Waals surface area contributed by atoms with Gasteiger partial charge in [-0.05, 0) is 60.0 Å². The molecule has 0 unspecified atom stereocenters. The summed E-state index contributed by atoms with van der Waals surface area (Å²) >= 11 is 0.654. The average molecular weight is 578 g/mol. The van der Waals surface area contributed by atoms with E-state index in [0.29, 0.717) is 32.8 Å². The molecule has 0 saturated carbocycles. The Labute approximate surface area is 235 Å². The minimum atomic E-state index is -4.41. The lowest BCUT2D eigenvalue weighted by Gasteiger charge is -2.14. The molecule has 0 saturated heterocycles. The summed E-state index contributed by atoms with van der Waals surface area (Å²) in [5.41, 5.74) is 3.69. The summed E-state index contributed by atoms with van der Waals surface area (Å²) in [5.74, 6) is 0.375. The van der Waals surface area contributed by atoms with Crippen LogP contribution in [0.2, 0.25) is 0 Å². The fourth-order valence-electron chi connectivity index (χ4n) is 4.81. The zero-order chi connectivity index (χ0) is 28.7. The number of hydrogen-bond donors (Lipinski definition) is 3. The zero-order valence-electron chi connectivity index (χ0n) is 21.5. The number of H-pyrrole nitrogens is 1. The van der Waals surface area contributed by atoms with E-state index in [-0.39, 0.29) is 24.0 Å². The maximum Gasteiger partial charge on any atom is 0.425 e. The van der Waals surface area contributed by atoms with Gasteiger partial charge in [-0.25, -0.2) is 15.0 Å². The third-order valence-corrected chi connectivity index (χ3v) is 7.97. The number of amides is 2. The summed E-state index contributed by atoms with van der Waals surface area (Å²) in [4.78, 5) is 37.5. The number of nitrogens with one attached hydrogen (secondary N) is 3. The van der Waals surface area contributed by atoms with Crippen molar-refractivity contribution in [1.29, 1.82) is 0 Å². The molecule has 0 radical (unpaired) electrons. The average Bonchev–Trinajstić information content (AvgIpc) is 3.69. The van der Waals surface area contributed by atoms with Crippen LogP contribution >= 0.6 is 11.3 Å². The van der Waals surface area contributed by atoms with E-state index in [0.717, 1.165) is 47.8 Å². The number of thiophene rings is 1. The van der Waals surface area contributed by atoms with E-state index >= 15 is 0 Å². The molecule has 2 aromatic carbocycles. The fraction of sp³-hybridized carbons (Fsp3) is 0.214. The van der Waals surface area contributed by atoms with Crippen LogP contribution in [0.15, 0.2) is 54.9 Å². The molecule has 1 atom stereocenters. The molecule has 13 heteroatoms. The van der Waals surface area contributed by atoms with Gasteiger partial charge in [-0.1, -0.05) is 24.3 Å². The van der Waals surface area contributed by atoms with Gasteiger partial charge in [-0.3, -0.25) is 14.7 Å². The van der Waals surface area contributed by atoms with Gasteiger partial charge in [0, 0.05) is 22.9 Å². The van der Waals surface area contributed by atoms with Crippen molar-refractivity contribution in [1.82, 2.24) is 35.8 Å². The number of rotatable bonds is 6. The summed E-state index contributed by atoms with van der Waals surface area (Å²) in [6, 6.07) is 13.0. The van der Waals surface area contributed by atoms with Crippen LogP contribution in [-0.4, -0.2) is 37.0 Å². The maximum absolute atomic E-state index is 13.0. The lowest BCUT2D eigenvalue weighted by atomic mass is 10.0. The number of carbonyl (C=O) groups excluding carboxylic acids is 2. The predicted octanol–water partition coefficient (Wildman–Crippen LogP) is 5.15. The Hall–Kier alpha value is -4.65. The van der Waals surface area contributed by atoms with E-state index in [4.69, 9.17) is 0 Å². The number of fused-ring (bicyclic) bond motifs is 2. The third-order valence-electron chi connectivity index (χ3n) is 6.83. The minimum absolute atomic E-state index is 0.0000285. The van der Waals surface area contributed by atoms with Crippen LogP contribution in [0.1, 0.15) is 60.8 Å². The molecule has 0 bridgehead atoms. The van der Waals surface area contributed by atoms with Gasteiger partial charge in [0.2, 0.25) is 0 Å². The molecule has 41 heavy (non-hydrogen) atoms. The SMILES string of the molecule is Cc1nc(-c2ccc3c(c2)CC[C@@H]3NC(=O)c2cc(C(=O)NCc3ccc4cc(C(F)(F)F)sc4c3)ncn2)n[nH]1. The Bertz CT molecular complexity index is 1800. The lowest BCUT2D eigenvalue weighted by Crippen LogP contribution is -2.29. The summed E-state index contributed by atoms with van der Waals surface area (Å²) in [6.45, 7) is 1.91. The fourth-order valence-corrected chi connectivity index (χ4v) is 5.81. The molecule has 3 aromatic heterocycles. The van der Waals surface area contributed by atoms with Gasteiger partial charge < -0.3 is 10.6 Å². The highest BCUT2D eigenvalue weighted by Crippen LogP contribution is 2.38. The van der Waals surface area contributed by atoms with Gasteiger partial charge in [-0.2, -0.15) is 18.3 Å². The van der Waals surface area contributed by atoms with E-state index in [1.54, 1.807) is 18.2 Å². The predicted molar refractivity (Wildman–Crippen MR) is 145 cm³/mol. The van der Waals surface area contributed by atoms with Gasteiger partial charge in [0.05, 0.1) is 6.04 Å². The molecular weight excluding hydrogens is 555 g/mol. The second-order valence-corrected chi connectivity index (χ2v) is 10.8. The first-order valence-electron chi connectivity index (χ1n) is 12.7. The molecule has 0 fully saturated rings. The Balaban J connectivity index is 1.10. The molecule has 1 aliphatic carbocycles. The van der Waals surface area contributed by atoms with Crippen molar-refractivity contribution in [3.8, 4) is 11.4 Å². The molecule has 0 spiro atoms. The van der Waals surface area contributed by atoms with E-state index in [2.05, 4.69) is 35.8 Å². The Morgan fingerprint density at radius 1 is 1.05 bits per heavy atom. The van der Waals surface area contributed by atoms with E-state index in [1.807, 2.05) is 25.1 Å². The maximum atomic E-state index is 13.0. The van der Waals surface area contributed by atoms with Gasteiger partial charge >= 0.3 is 6.18 Å². The van der Waals surface area contributed by atoms with Crippen molar-refractivity contribution in [3.63, 3.8) is 0 Å². The molecule has 0 aliphatic heterocycles. The number of carbonyl (C=O) groups is 2. The van der Waals surface area contributed by atoms with E-state index in [9.17, 15) is 22.8 Å². The first-order chi connectivity index (χ1) is 19.6. The van der Waals surface area contributed by atoms with Crippen LogP contribution in [0.5, 0.6) is 0 Å². The molecule has 9 nitrogen and oxygen atoms in total. The number of benzene rings is 2. The second-order valence-electron chi connectivity index (χ2n) is 9.67. The Kier molecular flexibility index (Phi) is 6.73. The smallest absolute Gasteiger partial charge is 0.347 e. The van der Waals surface area contributed by atoms with Crippen molar-refractivity contribution in [2.45, 2.75) is 38.5 Å². The highest BCUT2D eigenvalue weighted by atomic mass is 32.1. The monoisotopic (exact) mass is 577 g/mol. The summed E-state index contributed by atoms with van der Waals surface area (Å²) in [5, 5.41) is 13.2. The van der Waals surface area contributed by atoms with Crippen LogP contribution in [0.3, 0.4) is 0 Å².